The van der Waals surface area contributed by atoms with E-state index in [4.69, 9.17) is 9.47 Å². The van der Waals surface area contributed by atoms with Crippen LogP contribution in [-0.2, 0) is 13.2 Å². The van der Waals surface area contributed by atoms with Crippen LogP contribution in [0, 0.1) is 6.92 Å². The lowest BCUT2D eigenvalue weighted by Gasteiger charge is -2.17. The number of ether oxygens (including phenoxy) is 2. The number of halogens is 1. The lowest BCUT2D eigenvalue weighted by atomic mass is 10.1. The number of hydrogen-bond donors (Lipinski definition) is 1. The Morgan fingerprint density at radius 2 is 1.65 bits per heavy atom. The molecular formula is C27H26BrNO2. The van der Waals surface area contributed by atoms with E-state index in [1.165, 1.54) is 16.3 Å². The minimum absolute atomic E-state index is 0.473. The van der Waals surface area contributed by atoms with Crippen LogP contribution in [0.15, 0.2) is 83.3 Å². The number of aryl methyl sites for hydroxylation is 1. The van der Waals surface area contributed by atoms with Crippen molar-refractivity contribution in [1.82, 2.24) is 0 Å². The molecule has 0 heterocycles. The Kier molecular flexibility index (Phi) is 6.78. The van der Waals surface area contributed by atoms with Crippen LogP contribution in [-0.4, -0.2) is 6.61 Å². The summed E-state index contributed by atoms with van der Waals surface area (Å²) in [4.78, 5) is 0. The van der Waals surface area contributed by atoms with Crippen LogP contribution in [0.2, 0.25) is 0 Å². The van der Waals surface area contributed by atoms with E-state index >= 15 is 0 Å². The van der Waals surface area contributed by atoms with Crippen LogP contribution in [0.5, 0.6) is 11.5 Å². The largest absolute Gasteiger partial charge is 0.490 e. The summed E-state index contributed by atoms with van der Waals surface area (Å²) in [5, 5.41) is 5.88. The maximum Gasteiger partial charge on any atom is 0.175 e. The molecule has 0 aliphatic carbocycles. The number of benzene rings is 4. The van der Waals surface area contributed by atoms with E-state index in [-0.39, 0.29) is 0 Å². The summed E-state index contributed by atoms with van der Waals surface area (Å²) in [5.74, 6) is 1.48. The Labute approximate surface area is 192 Å². The molecule has 4 aromatic carbocycles. The van der Waals surface area contributed by atoms with Crippen LogP contribution in [0.25, 0.3) is 10.8 Å². The first-order valence-corrected chi connectivity index (χ1v) is 11.3. The van der Waals surface area contributed by atoms with Crippen molar-refractivity contribution in [3.8, 4) is 11.5 Å². The molecule has 0 radical (unpaired) electrons. The molecule has 0 unspecified atom stereocenters. The van der Waals surface area contributed by atoms with Crippen LogP contribution >= 0.6 is 15.9 Å². The Morgan fingerprint density at radius 1 is 0.871 bits per heavy atom. The van der Waals surface area contributed by atoms with Gasteiger partial charge in [-0.1, -0.05) is 60.2 Å². The molecule has 3 nitrogen and oxygen atoms in total. The second kappa shape index (κ2) is 9.88. The summed E-state index contributed by atoms with van der Waals surface area (Å²) in [6, 6.07) is 27.2. The van der Waals surface area contributed by atoms with Crippen molar-refractivity contribution in [2.45, 2.75) is 27.0 Å². The normalized spacial score (nSPS) is 10.8. The lowest BCUT2D eigenvalue weighted by molar-refractivity contribution is 0.268. The molecule has 4 rings (SSSR count). The van der Waals surface area contributed by atoms with E-state index in [9.17, 15) is 0 Å². The highest BCUT2D eigenvalue weighted by Crippen LogP contribution is 2.38. The van der Waals surface area contributed by atoms with Crippen LogP contribution in [0.1, 0.15) is 23.6 Å². The SMILES string of the molecule is CCOc1cc(CNc2ccc(C)cc2)cc(Br)c1OCc1cccc2ccccc12. The quantitative estimate of drug-likeness (QED) is 0.286. The summed E-state index contributed by atoms with van der Waals surface area (Å²) >= 11 is 3.69. The van der Waals surface area contributed by atoms with E-state index in [0.717, 1.165) is 32.8 Å². The van der Waals surface area contributed by atoms with Gasteiger partial charge in [0.05, 0.1) is 11.1 Å². The molecule has 0 aliphatic rings. The van der Waals surface area contributed by atoms with Crippen LogP contribution in [0.4, 0.5) is 5.69 Å². The second-order valence-corrected chi connectivity index (χ2v) is 8.34. The van der Waals surface area contributed by atoms with Crippen molar-refractivity contribution < 1.29 is 9.47 Å². The number of anilines is 1. The maximum atomic E-state index is 6.25. The molecule has 4 aromatic rings. The minimum atomic E-state index is 0.473. The predicted octanol–water partition coefficient (Wildman–Crippen LogP) is 7.50. The van der Waals surface area contributed by atoms with Gasteiger partial charge in [-0.3, -0.25) is 0 Å². The highest BCUT2D eigenvalue weighted by atomic mass is 79.9. The summed E-state index contributed by atoms with van der Waals surface area (Å²) in [6.07, 6.45) is 0. The maximum absolute atomic E-state index is 6.25. The smallest absolute Gasteiger partial charge is 0.175 e. The summed E-state index contributed by atoms with van der Waals surface area (Å²) in [7, 11) is 0. The van der Waals surface area contributed by atoms with Gasteiger partial charge < -0.3 is 14.8 Å². The molecule has 158 valence electrons. The minimum Gasteiger partial charge on any atom is -0.490 e. The topological polar surface area (TPSA) is 30.5 Å². The Hall–Kier alpha value is -2.98. The van der Waals surface area contributed by atoms with Gasteiger partial charge in [-0.25, -0.2) is 0 Å². The van der Waals surface area contributed by atoms with Gasteiger partial charge in [0.2, 0.25) is 0 Å². The van der Waals surface area contributed by atoms with Crippen molar-refractivity contribution in [2.75, 3.05) is 11.9 Å². The summed E-state index contributed by atoms with van der Waals surface area (Å²) < 4.78 is 13.1. The molecule has 4 heteroatoms. The molecule has 0 aliphatic heterocycles. The fraction of sp³-hybridized carbons (Fsp3) is 0.185. The summed E-state index contributed by atoms with van der Waals surface area (Å²) in [5.41, 5.74) is 4.61. The molecule has 0 fully saturated rings. The van der Waals surface area contributed by atoms with Crippen molar-refractivity contribution in [3.63, 3.8) is 0 Å². The van der Waals surface area contributed by atoms with Crippen molar-refractivity contribution >= 4 is 32.4 Å². The fourth-order valence-electron chi connectivity index (χ4n) is 3.57. The monoisotopic (exact) mass is 475 g/mol. The van der Waals surface area contributed by atoms with Crippen molar-refractivity contribution in [1.29, 1.82) is 0 Å². The molecule has 0 amide bonds. The average molecular weight is 476 g/mol. The molecule has 0 spiro atoms. The van der Waals surface area contributed by atoms with Crippen molar-refractivity contribution in [2.24, 2.45) is 0 Å². The molecule has 0 atom stereocenters. The highest BCUT2D eigenvalue weighted by molar-refractivity contribution is 9.10. The molecular weight excluding hydrogens is 450 g/mol. The first-order chi connectivity index (χ1) is 15.1. The van der Waals surface area contributed by atoms with Gasteiger partial charge >= 0.3 is 0 Å². The third-order valence-corrected chi connectivity index (χ3v) is 5.76. The Bertz CT molecular complexity index is 1170. The molecule has 0 aromatic heterocycles. The van der Waals surface area contributed by atoms with Gasteiger partial charge in [0, 0.05) is 12.2 Å². The van der Waals surface area contributed by atoms with E-state index < -0.39 is 0 Å². The molecule has 0 saturated heterocycles. The first kappa shape index (κ1) is 21.3. The second-order valence-electron chi connectivity index (χ2n) is 7.48. The van der Waals surface area contributed by atoms with Gasteiger partial charge in [-0.2, -0.15) is 0 Å². The third kappa shape index (κ3) is 5.20. The van der Waals surface area contributed by atoms with Crippen LogP contribution in [0.3, 0.4) is 0 Å². The van der Waals surface area contributed by atoms with E-state index in [0.29, 0.717) is 19.8 Å². The zero-order valence-electron chi connectivity index (χ0n) is 17.8. The first-order valence-electron chi connectivity index (χ1n) is 10.5. The predicted molar refractivity (Wildman–Crippen MR) is 132 cm³/mol. The highest BCUT2D eigenvalue weighted by Gasteiger charge is 2.13. The van der Waals surface area contributed by atoms with Gasteiger partial charge in [0.1, 0.15) is 6.61 Å². The molecule has 31 heavy (non-hydrogen) atoms. The third-order valence-electron chi connectivity index (χ3n) is 5.17. The lowest BCUT2D eigenvalue weighted by Crippen LogP contribution is -2.04. The Morgan fingerprint density at radius 3 is 2.45 bits per heavy atom. The van der Waals surface area contributed by atoms with Crippen LogP contribution < -0.4 is 14.8 Å². The molecule has 0 bridgehead atoms. The van der Waals surface area contributed by atoms with E-state index in [1.807, 2.05) is 13.0 Å². The fourth-order valence-corrected chi connectivity index (χ4v) is 4.17. The average Bonchev–Trinajstić information content (AvgIpc) is 2.78. The van der Waals surface area contributed by atoms with Gasteiger partial charge in [0.15, 0.2) is 11.5 Å². The van der Waals surface area contributed by atoms with E-state index in [1.54, 1.807) is 0 Å². The number of hydrogen-bond acceptors (Lipinski definition) is 3. The van der Waals surface area contributed by atoms with Gasteiger partial charge in [-0.05, 0) is 75.9 Å². The van der Waals surface area contributed by atoms with Gasteiger partial charge in [-0.15, -0.1) is 0 Å². The zero-order valence-corrected chi connectivity index (χ0v) is 19.4. The number of nitrogens with one attached hydrogen (secondary N) is 1. The Balaban J connectivity index is 1.53. The number of rotatable bonds is 8. The van der Waals surface area contributed by atoms with Gasteiger partial charge in [0.25, 0.3) is 0 Å². The van der Waals surface area contributed by atoms with Crippen molar-refractivity contribution in [3.05, 3.63) is 100 Å². The molecule has 0 saturated carbocycles. The van der Waals surface area contributed by atoms with E-state index in [2.05, 4.69) is 101 Å². The standard InChI is InChI=1S/C27H26BrNO2/c1-3-30-26-16-20(17-29-23-13-11-19(2)12-14-23)15-25(28)27(26)31-18-22-9-6-8-21-7-4-5-10-24(21)22/h4-16,29H,3,17-18H2,1-2H3. The number of fused-ring (bicyclic) bond motifs is 1. The zero-order chi connectivity index (χ0) is 21.6. The summed E-state index contributed by atoms with van der Waals surface area (Å²) in [6.45, 7) is 5.82. The molecule has 1 N–H and O–H groups in total.